The van der Waals surface area contributed by atoms with Gasteiger partial charge in [-0.1, -0.05) is 84.9 Å². The molecule has 10 rings (SSSR count). The summed E-state index contributed by atoms with van der Waals surface area (Å²) in [6.07, 6.45) is 2.72. The van der Waals surface area contributed by atoms with Gasteiger partial charge in [0, 0.05) is 21.5 Å². The van der Waals surface area contributed by atoms with E-state index in [0.29, 0.717) is 0 Å². The molecule has 0 saturated heterocycles. The van der Waals surface area contributed by atoms with Crippen LogP contribution in [0.15, 0.2) is 170 Å². The molecule has 0 aliphatic carbocycles. The normalized spacial score (nSPS) is 11.0. The van der Waals surface area contributed by atoms with Gasteiger partial charge >= 0.3 is 26.2 Å². The number of aromatic nitrogens is 2. The molecule has 0 aliphatic rings. The first kappa shape index (κ1) is 30.9. The maximum atomic E-state index is 4.39. The van der Waals surface area contributed by atoms with Crippen molar-refractivity contribution < 1.29 is 26.2 Å². The van der Waals surface area contributed by atoms with Crippen LogP contribution < -0.4 is 0 Å². The second-order valence-electron chi connectivity index (χ2n) is 11.4. The number of fused-ring (bicyclic) bond motifs is 8. The van der Waals surface area contributed by atoms with Crippen molar-refractivity contribution in [2.45, 2.75) is 0 Å². The Morgan fingerprint density at radius 2 is 0.660 bits per heavy atom. The molecule has 0 unspecified atom stereocenters. The smallest absolute Gasteiger partial charge is 0.352 e. The molecular weight excluding hydrogens is 671 g/mol. The number of para-hydroxylation sites is 4. The summed E-state index contributed by atoms with van der Waals surface area (Å²) >= 11 is 4.39. The van der Waals surface area contributed by atoms with Crippen molar-refractivity contribution in [3.05, 3.63) is 176 Å². The van der Waals surface area contributed by atoms with Crippen LogP contribution in [-0.4, -0.2) is 9.13 Å². The van der Waals surface area contributed by atoms with Crippen molar-refractivity contribution >= 4 is 76.8 Å². The molecule has 10 aromatic rings. The van der Waals surface area contributed by atoms with Gasteiger partial charge in [-0.25, -0.2) is 0 Å². The zero-order valence-electron chi connectivity index (χ0n) is 25.6. The van der Waals surface area contributed by atoms with E-state index in [4.69, 9.17) is 0 Å². The minimum Gasteiger partial charge on any atom is -0.352 e. The van der Waals surface area contributed by atoms with Gasteiger partial charge in [0.15, 0.2) is 0 Å². The fraction of sp³-hybridized carbons (Fsp3) is 0. The van der Waals surface area contributed by atoms with Gasteiger partial charge in [-0.2, -0.15) is 0 Å². The first-order chi connectivity index (χ1) is 22.8. The molecule has 0 aliphatic heterocycles. The van der Waals surface area contributed by atoms with Crippen molar-refractivity contribution in [3.8, 4) is 11.4 Å². The molecule has 2 nitrogen and oxygen atoms in total. The van der Waals surface area contributed by atoms with E-state index >= 15 is 0 Å². The predicted molar refractivity (Wildman–Crippen MR) is 199 cm³/mol. The topological polar surface area (TPSA) is 9.86 Å². The molecule has 0 N–H and O–H groups in total. The fourth-order valence-corrected chi connectivity index (χ4v) is 6.93. The Morgan fingerprint density at radius 3 is 0.979 bits per heavy atom. The molecule has 0 bridgehead atoms. The number of hydrogen-bond donors (Lipinski definition) is 0. The molecule has 0 atom stereocenters. The SMILES string of the molecule is [CH2-]Cl.[Zr+3].c1ccc2[cH-]c(-n3c4ccccc4c4ccccc43)cc2c1.c1ccc2[cH-]c(-n3c4ccccc4c4ccccc43)cc2c1. The Morgan fingerprint density at radius 1 is 0.383 bits per heavy atom. The van der Waals surface area contributed by atoms with E-state index in [1.165, 1.54) is 76.5 Å². The maximum absolute atomic E-state index is 4.39. The van der Waals surface area contributed by atoms with E-state index in [1.54, 1.807) is 0 Å². The maximum Gasteiger partial charge on any atom is 3.00 e. The average Bonchev–Trinajstić information content (AvgIpc) is 3.89. The van der Waals surface area contributed by atoms with Crippen LogP contribution in [0.1, 0.15) is 0 Å². The number of nitrogens with zero attached hydrogens (tertiary/aromatic N) is 2. The van der Waals surface area contributed by atoms with Gasteiger partial charge in [0.2, 0.25) is 0 Å². The van der Waals surface area contributed by atoms with Crippen LogP contribution in [0.5, 0.6) is 0 Å². The van der Waals surface area contributed by atoms with E-state index < -0.39 is 0 Å². The summed E-state index contributed by atoms with van der Waals surface area (Å²) in [6.45, 7) is 0. The second kappa shape index (κ2) is 13.2. The molecule has 0 fully saturated rings. The summed E-state index contributed by atoms with van der Waals surface area (Å²) in [4.78, 5) is 0. The number of hydrogen-bond acceptors (Lipinski definition) is 0. The molecule has 0 amide bonds. The van der Waals surface area contributed by atoms with Crippen molar-refractivity contribution in [1.29, 1.82) is 0 Å². The van der Waals surface area contributed by atoms with Gasteiger partial charge in [-0.15, -0.1) is 82.2 Å². The van der Waals surface area contributed by atoms with E-state index in [9.17, 15) is 0 Å². The molecule has 2 heterocycles. The third kappa shape index (κ3) is 5.34. The van der Waals surface area contributed by atoms with Crippen LogP contribution in [0, 0.1) is 6.38 Å². The fourth-order valence-electron chi connectivity index (χ4n) is 6.93. The van der Waals surface area contributed by atoms with Gasteiger partial charge < -0.3 is 20.7 Å². The van der Waals surface area contributed by atoms with E-state index in [-0.39, 0.29) is 26.2 Å². The van der Waals surface area contributed by atoms with Gasteiger partial charge in [0.1, 0.15) is 0 Å². The Balaban J connectivity index is 0.000000139. The zero-order chi connectivity index (χ0) is 31.0. The number of halogens is 1. The molecule has 4 heteroatoms. The molecule has 2 aromatic heterocycles. The van der Waals surface area contributed by atoms with Crippen molar-refractivity contribution in [2.24, 2.45) is 0 Å². The van der Waals surface area contributed by atoms with Crippen LogP contribution in [0.3, 0.4) is 0 Å². The first-order valence-electron chi connectivity index (χ1n) is 15.4. The van der Waals surface area contributed by atoms with Crippen molar-refractivity contribution in [3.63, 3.8) is 0 Å². The van der Waals surface area contributed by atoms with E-state index in [0.717, 1.165) is 0 Å². The summed E-state index contributed by atoms with van der Waals surface area (Å²) in [7, 11) is 0. The Bertz CT molecular complexity index is 2270. The van der Waals surface area contributed by atoms with Gasteiger partial charge in [-0.3, -0.25) is 6.38 Å². The third-order valence-corrected chi connectivity index (χ3v) is 8.88. The van der Waals surface area contributed by atoms with Crippen LogP contribution in [0.25, 0.3) is 76.5 Å². The first-order valence-corrected chi connectivity index (χ1v) is 15.9. The van der Waals surface area contributed by atoms with Crippen LogP contribution in [0.4, 0.5) is 0 Å². The summed E-state index contributed by atoms with van der Waals surface area (Å²) < 4.78 is 4.73. The van der Waals surface area contributed by atoms with Gasteiger partial charge in [0.05, 0.1) is 22.1 Å². The molecule has 1 radical (unpaired) electrons. The monoisotopic (exact) mass is 699 g/mol. The largest absolute Gasteiger partial charge is 3.00 e. The second-order valence-corrected chi connectivity index (χ2v) is 11.4. The van der Waals surface area contributed by atoms with Crippen LogP contribution in [0.2, 0.25) is 0 Å². The minimum atomic E-state index is 0. The van der Waals surface area contributed by atoms with Crippen LogP contribution in [-0.2, 0) is 26.2 Å². The molecule has 0 saturated carbocycles. The Labute approximate surface area is 297 Å². The summed E-state index contributed by atoms with van der Waals surface area (Å²) in [6, 6.07) is 60.7. The summed E-state index contributed by atoms with van der Waals surface area (Å²) in [5.41, 5.74) is 7.52. The number of benzene rings is 6. The predicted octanol–water partition coefficient (Wildman–Crippen LogP) is 12.3. The minimum absolute atomic E-state index is 0. The zero-order valence-corrected chi connectivity index (χ0v) is 28.9. The third-order valence-electron chi connectivity index (χ3n) is 8.88. The number of rotatable bonds is 2. The molecular formula is C43H30ClN2Zr. The molecule has 8 aromatic carbocycles. The Hall–Kier alpha value is -4.69. The standard InChI is InChI=1S/2C21H14N.CH2Cl.Zr/c2*1-2-8-16-14-17(13-15(16)7-1)22-20-11-5-3-9-18(20)19-10-4-6-12-21(19)22;1-2;/h2*1-14H;1H2;/q3*-1;+3. The quantitative estimate of drug-likeness (QED) is 0.159. The van der Waals surface area contributed by atoms with Gasteiger partial charge in [0.25, 0.3) is 0 Å². The molecule has 0 spiro atoms. The van der Waals surface area contributed by atoms with Gasteiger partial charge in [-0.05, 0) is 35.6 Å². The molecule has 47 heavy (non-hydrogen) atoms. The van der Waals surface area contributed by atoms with E-state index in [1.807, 2.05) is 0 Å². The summed E-state index contributed by atoms with van der Waals surface area (Å²) in [5, 5.41) is 10.4. The van der Waals surface area contributed by atoms with Crippen molar-refractivity contribution in [1.82, 2.24) is 9.13 Å². The van der Waals surface area contributed by atoms with Crippen LogP contribution >= 0.6 is 11.6 Å². The Kier molecular flexibility index (Phi) is 8.69. The van der Waals surface area contributed by atoms with E-state index in [2.05, 4.69) is 197 Å². The summed E-state index contributed by atoms with van der Waals surface area (Å²) in [5.74, 6) is 0. The molecule has 223 valence electrons. The average molecular weight is 701 g/mol. The van der Waals surface area contributed by atoms with Crippen molar-refractivity contribution in [2.75, 3.05) is 0 Å².